The number of nitrogens with zero attached hydrogens (tertiary/aromatic N) is 4. The highest BCUT2D eigenvalue weighted by Gasteiger charge is 2.15. The van der Waals surface area contributed by atoms with Gasteiger partial charge in [-0.25, -0.2) is 10.4 Å². The van der Waals surface area contributed by atoms with Crippen LogP contribution in [-0.2, 0) is 36.0 Å². The molecule has 0 unspecified atom stereocenters. The first-order chi connectivity index (χ1) is 15.4. The van der Waals surface area contributed by atoms with Crippen LogP contribution >= 0.6 is 11.3 Å². The number of thiazole rings is 1. The summed E-state index contributed by atoms with van der Waals surface area (Å²) in [5.41, 5.74) is 13.0. The molecule has 0 spiro atoms. The Morgan fingerprint density at radius 2 is 2.19 bits per heavy atom. The van der Waals surface area contributed by atoms with Gasteiger partial charge in [-0.3, -0.25) is 9.48 Å². The third-order valence-corrected chi connectivity index (χ3v) is 5.69. The van der Waals surface area contributed by atoms with Gasteiger partial charge in [0.25, 0.3) is 0 Å². The van der Waals surface area contributed by atoms with E-state index in [0.717, 1.165) is 38.1 Å². The van der Waals surface area contributed by atoms with E-state index in [1.165, 1.54) is 5.57 Å². The molecule has 0 saturated carbocycles. The summed E-state index contributed by atoms with van der Waals surface area (Å²) in [6, 6.07) is 0. The second-order valence-corrected chi connectivity index (χ2v) is 8.26. The van der Waals surface area contributed by atoms with Crippen LogP contribution in [0.25, 0.3) is 5.57 Å². The fourth-order valence-corrected chi connectivity index (χ4v) is 4.16. The first-order valence-corrected chi connectivity index (χ1v) is 10.9. The molecule has 2 rings (SSSR count). The lowest BCUT2D eigenvalue weighted by Crippen LogP contribution is -2.02. The van der Waals surface area contributed by atoms with Gasteiger partial charge < -0.3 is 15.8 Å². The van der Waals surface area contributed by atoms with E-state index in [1.54, 1.807) is 35.5 Å². The van der Waals surface area contributed by atoms with Crippen molar-refractivity contribution in [2.75, 3.05) is 19.5 Å². The number of methoxy groups -OCH3 is 1. The van der Waals surface area contributed by atoms with Gasteiger partial charge in [0.1, 0.15) is 10.8 Å². The SMILES string of the molecule is CNc1nc(CC(/C=C\N)=C(C)C)sc1C(/C=N\NC=O)=C/Cc1nn(C)cc1COC. The number of rotatable bonds is 12. The van der Waals surface area contributed by atoms with Gasteiger partial charge in [0, 0.05) is 51.4 Å². The molecule has 9 nitrogen and oxygen atoms in total. The van der Waals surface area contributed by atoms with Crippen LogP contribution in [0.15, 0.2) is 40.8 Å². The Kier molecular flexibility index (Phi) is 9.83. The molecule has 172 valence electrons. The van der Waals surface area contributed by atoms with Gasteiger partial charge in [-0.15, -0.1) is 11.3 Å². The maximum Gasteiger partial charge on any atom is 0.227 e. The van der Waals surface area contributed by atoms with E-state index in [0.29, 0.717) is 25.9 Å². The number of aryl methyl sites for hydroxylation is 1. The number of nitrogens with one attached hydrogen (secondary N) is 2. The summed E-state index contributed by atoms with van der Waals surface area (Å²) in [5, 5.41) is 12.6. The second-order valence-electron chi connectivity index (χ2n) is 7.17. The molecule has 0 bridgehead atoms. The highest BCUT2D eigenvalue weighted by molar-refractivity contribution is 7.13. The van der Waals surface area contributed by atoms with Crippen molar-refractivity contribution in [1.29, 1.82) is 0 Å². The van der Waals surface area contributed by atoms with Crippen molar-refractivity contribution in [3.05, 3.63) is 56.8 Å². The van der Waals surface area contributed by atoms with Crippen LogP contribution in [0.2, 0.25) is 0 Å². The third kappa shape index (κ3) is 6.89. The minimum atomic E-state index is 0.486. The normalized spacial score (nSPS) is 12.0. The Bertz CT molecular complexity index is 1030. The summed E-state index contributed by atoms with van der Waals surface area (Å²) in [7, 11) is 5.38. The number of carbonyl (C=O) groups is 1. The van der Waals surface area contributed by atoms with Gasteiger partial charge in [-0.05, 0) is 31.7 Å². The number of nitrogens with two attached hydrogens (primary N) is 1. The van der Waals surface area contributed by atoms with Crippen molar-refractivity contribution in [2.24, 2.45) is 17.9 Å². The van der Waals surface area contributed by atoms with Crippen LogP contribution < -0.4 is 16.5 Å². The quantitative estimate of drug-likeness (QED) is 0.195. The predicted molar refractivity (Wildman–Crippen MR) is 130 cm³/mol. The van der Waals surface area contributed by atoms with E-state index in [9.17, 15) is 4.79 Å². The van der Waals surface area contributed by atoms with Crippen molar-refractivity contribution in [1.82, 2.24) is 20.2 Å². The van der Waals surface area contributed by atoms with Crippen molar-refractivity contribution in [3.63, 3.8) is 0 Å². The molecule has 0 aromatic carbocycles. The maximum absolute atomic E-state index is 10.7. The molecule has 2 aromatic heterocycles. The molecule has 0 radical (unpaired) electrons. The summed E-state index contributed by atoms with van der Waals surface area (Å²) in [4.78, 5) is 16.4. The molecule has 0 aliphatic heterocycles. The van der Waals surface area contributed by atoms with Gasteiger partial charge in [0.2, 0.25) is 6.41 Å². The molecule has 1 amide bonds. The Balaban J connectivity index is 2.44. The average Bonchev–Trinajstić information content (AvgIpc) is 3.33. The molecule has 10 heteroatoms. The van der Waals surface area contributed by atoms with Crippen molar-refractivity contribution in [3.8, 4) is 0 Å². The molecule has 0 fully saturated rings. The minimum Gasteiger partial charge on any atom is -0.405 e. The van der Waals surface area contributed by atoms with Crippen LogP contribution in [0.3, 0.4) is 0 Å². The zero-order chi connectivity index (χ0) is 23.5. The van der Waals surface area contributed by atoms with Crippen LogP contribution in [0.1, 0.15) is 35.0 Å². The molecule has 2 heterocycles. The molecule has 0 atom stereocenters. The number of ether oxygens (including phenoxy) is 1. The van der Waals surface area contributed by atoms with Gasteiger partial charge in [-0.2, -0.15) is 10.2 Å². The van der Waals surface area contributed by atoms with E-state index in [1.807, 2.05) is 32.4 Å². The summed E-state index contributed by atoms with van der Waals surface area (Å²) in [6.07, 6.45) is 10.8. The van der Waals surface area contributed by atoms with Crippen LogP contribution in [0.5, 0.6) is 0 Å². The summed E-state index contributed by atoms with van der Waals surface area (Å²) in [6.45, 7) is 4.59. The molecular formula is C22H31N7O2S. The molecule has 32 heavy (non-hydrogen) atoms. The monoisotopic (exact) mass is 457 g/mol. The summed E-state index contributed by atoms with van der Waals surface area (Å²) < 4.78 is 7.06. The average molecular weight is 458 g/mol. The highest BCUT2D eigenvalue weighted by Crippen LogP contribution is 2.31. The van der Waals surface area contributed by atoms with Crippen molar-refractivity contribution in [2.45, 2.75) is 33.3 Å². The number of aromatic nitrogens is 3. The van der Waals surface area contributed by atoms with Gasteiger partial charge in [0.05, 0.1) is 23.4 Å². The first kappa shape index (κ1) is 25.0. The molecule has 0 aliphatic rings. The second kappa shape index (κ2) is 12.6. The highest BCUT2D eigenvalue weighted by atomic mass is 32.1. The first-order valence-electron chi connectivity index (χ1n) is 10.1. The lowest BCUT2D eigenvalue weighted by atomic mass is 10.1. The van der Waals surface area contributed by atoms with E-state index in [4.69, 9.17) is 15.5 Å². The zero-order valence-corrected chi connectivity index (χ0v) is 20.0. The number of anilines is 1. The van der Waals surface area contributed by atoms with E-state index in [-0.39, 0.29) is 0 Å². The smallest absolute Gasteiger partial charge is 0.227 e. The molecule has 4 N–H and O–H groups in total. The Hall–Kier alpha value is -3.24. The number of hydrogen-bond donors (Lipinski definition) is 3. The van der Waals surface area contributed by atoms with Crippen LogP contribution in [0.4, 0.5) is 5.82 Å². The molecular weight excluding hydrogens is 426 g/mol. The molecule has 0 saturated heterocycles. The predicted octanol–water partition coefficient (Wildman–Crippen LogP) is 2.77. The van der Waals surface area contributed by atoms with E-state index < -0.39 is 0 Å². The van der Waals surface area contributed by atoms with Gasteiger partial charge in [-0.1, -0.05) is 11.6 Å². The van der Waals surface area contributed by atoms with Crippen LogP contribution in [0, 0.1) is 0 Å². The third-order valence-electron chi connectivity index (χ3n) is 4.59. The summed E-state index contributed by atoms with van der Waals surface area (Å²) in [5.74, 6) is 0.747. The number of amides is 1. The maximum atomic E-state index is 10.7. The lowest BCUT2D eigenvalue weighted by Gasteiger charge is -2.03. The zero-order valence-electron chi connectivity index (χ0n) is 19.2. The number of hydrogen-bond acceptors (Lipinski definition) is 8. The van der Waals surface area contributed by atoms with Gasteiger partial charge in [0.15, 0.2) is 0 Å². The Labute approximate surface area is 192 Å². The Morgan fingerprint density at radius 3 is 2.81 bits per heavy atom. The lowest BCUT2D eigenvalue weighted by molar-refractivity contribution is -0.109. The fraction of sp³-hybridized carbons (Fsp3) is 0.364. The molecule has 2 aromatic rings. The van der Waals surface area contributed by atoms with Gasteiger partial charge >= 0.3 is 0 Å². The van der Waals surface area contributed by atoms with E-state index >= 15 is 0 Å². The number of carbonyl (C=O) groups excluding carboxylic acids is 1. The van der Waals surface area contributed by atoms with E-state index in [2.05, 4.69) is 34.8 Å². The topological polar surface area (TPSA) is 119 Å². The standard InChI is InChI=1S/C22H31N7O2S/c1-15(2)16(8-9-23)10-20-27-22(24-3)21(32-20)17(11-25-26-14-30)6-7-19-18(13-31-5)12-29(4)28-19/h6,8-9,11-12,14,24H,7,10,13,23H2,1-5H3,(H,26,30)/b9-8-,17-6+,25-11-. The molecule has 0 aliphatic carbocycles. The minimum absolute atomic E-state index is 0.486. The largest absolute Gasteiger partial charge is 0.405 e. The Morgan fingerprint density at radius 1 is 1.41 bits per heavy atom. The number of hydrazone groups is 1. The van der Waals surface area contributed by atoms with Crippen molar-refractivity contribution < 1.29 is 9.53 Å². The number of allylic oxidation sites excluding steroid dienone is 5. The van der Waals surface area contributed by atoms with Crippen LogP contribution in [-0.4, -0.2) is 41.5 Å². The van der Waals surface area contributed by atoms with Crippen molar-refractivity contribution >= 4 is 35.4 Å². The fourth-order valence-electron chi connectivity index (χ4n) is 3.07. The summed E-state index contributed by atoms with van der Waals surface area (Å²) >= 11 is 1.57.